The first kappa shape index (κ1) is 13.9. The van der Waals surface area contributed by atoms with E-state index in [1.165, 1.54) is 16.8 Å². The normalized spacial score (nSPS) is 12.8. The van der Waals surface area contributed by atoms with Crippen molar-refractivity contribution in [3.8, 4) is 0 Å². The molecule has 1 heterocycles. The van der Waals surface area contributed by atoms with E-state index in [0.717, 1.165) is 25.0 Å². The van der Waals surface area contributed by atoms with E-state index in [1.54, 1.807) is 0 Å². The number of nitrogens with two attached hydrogens (primary N) is 1. The minimum absolute atomic E-state index is 0.240. The van der Waals surface area contributed by atoms with Crippen molar-refractivity contribution in [1.29, 1.82) is 0 Å². The van der Waals surface area contributed by atoms with Crippen molar-refractivity contribution in [2.75, 3.05) is 0 Å². The summed E-state index contributed by atoms with van der Waals surface area (Å²) in [4.78, 5) is 0. The molecule has 17 heavy (non-hydrogen) atoms. The van der Waals surface area contributed by atoms with E-state index in [4.69, 9.17) is 5.84 Å². The fourth-order valence-corrected chi connectivity index (χ4v) is 2.04. The number of aryl methyl sites for hydroxylation is 2. The number of hydrogen-bond donors (Lipinski definition) is 2. The number of nitrogens with zero attached hydrogens (tertiary/aromatic N) is 2. The molecule has 1 rings (SSSR count). The van der Waals surface area contributed by atoms with E-state index >= 15 is 0 Å². The second-order valence-electron chi connectivity index (χ2n) is 4.65. The van der Waals surface area contributed by atoms with Crippen molar-refractivity contribution in [3.63, 3.8) is 0 Å². The summed E-state index contributed by atoms with van der Waals surface area (Å²) >= 11 is 0. The summed E-state index contributed by atoms with van der Waals surface area (Å²) in [6.07, 6.45) is 2.82. The predicted molar refractivity (Wildman–Crippen MR) is 71.5 cm³/mol. The van der Waals surface area contributed by atoms with E-state index in [-0.39, 0.29) is 6.04 Å². The fraction of sp³-hybridized carbons (Fsp3) is 0.615. The predicted octanol–water partition coefficient (Wildman–Crippen LogP) is 1.77. The summed E-state index contributed by atoms with van der Waals surface area (Å²) in [5.41, 5.74) is 7.70. The molecule has 0 amide bonds. The van der Waals surface area contributed by atoms with Gasteiger partial charge in [-0.05, 0) is 38.7 Å². The summed E-state index contributed by atoms with van der Waals surface area (Å²) in [7, 11) is 1.97. The first-order valence-corrected chi connectivity index (χ1v) is 6.11. The van der Waals surface area contributed by atoms with Gasteiger partial charge in [-0.15, -0.1) is 0 Å². The molecule has 0 bridgehead atoms. The molecule has 4 nitrogen and oxygen atoms in total. The first-order chi connectivity index (χ1) is 7.99. The van der Waals surface area contributed by atoms with Crippen LogP contribution in [0.4, 0.5) is 0 Å². The van der Waals surface area contributed by atoms with Gasteiger partial charge in [0.15, 0.2) is 0 Å². The van der Waals surface area contributed by atoms with Crippen LogP contribution in [0.15, 0.2) is 12.2 Å². The Morgan fingerprint density at radius 1 is 1.53 bits per heavy atom. The van der Waals surface area contributed by atoms with Crippen LogP contribution in [0, 0.1) is 13.8 Å². The van der Waals surface area contributed by atoms with Crippen LogP contribution in [0.2, 0.25) is 0 Å². The molecule has 1 atom stereocenters. The van der Waals surface area contributed by atoms with Gasteiger partial charge in [-0.2, -0.15) is 5.10 Å². The van der Waals surface area contributed by atoms with Crippen LogP contribution in [0.25, 0.3) is 0 Å². The zero-order valence-corrected chi connectivity index (χ0v) is 11.4. The molecule has 0 aromatic carbocycles. The van der Waals surface area contributed by atoms with Crippen molar-refractivity contribution in [3.05, 3.63) is 29.1 Å². The van der Waals surface area contributed by atoms with E-state index < -0.39 is 0 Å². The summed E-state index contributed by atoms with van der Waals surface area (Å²) in [6.45, 7) is 10.3. The summed E-state index contributed by atoms with van der Waals surface area (Å²) < 4.78 is 1.92. The highest BCUT2D eigenvalue weighted by molar-refractivity contribution is 5.25. The van der Waals surface area contributed by atoms with Crippen LogP contribution in [0.1, 0.15) is 36.7 Å². The molecule has 3 N–H and O–H groups in total. The lowest BCUT2D eigenvalue weighted by Gasteiger charge is -2.17. The average Bonchev–Trinajstić information content (AvgIpc) is 2.54. The Morgan fingerprint density at radius 3 is 2.59 bits per heavy atom. The van der Waals surface area contributed by atoms with E-state index in [2.05, 4.69) is 31.0 Å². The molecule has 0 spiro atoms. The van der Waals surface area contributed by atoms with Crippen molar-refractivity contribution >= 4 is 0 Å². The van der Waals surface area contributed by atoms with Gasteiger partial charge in [0.25, 0.3) is 0 Å². The van der Waals surface area contributed by atoms with Gasteiger partial charge >= 0.3 is 0 Å². The van der Waals surface area contributed by atoms with Crippen molar-refractivity contribution in [2.45, 2.75) is 46.1 Å². The van der Waals surface area contributed by atoms with Crippen LogP contribution in [-0.2, 0) is 13.5 Å². The summed E-state index contributed by atoms with van der Waals surface area (Å²) in [5, 5.41) is 4.42. The van der Waals surface area contributed by atoms with Gasteiger partial charge in [0.05, 0.1) is 5.69 Å². The molecular formula is C13H24N4. The minimum atomic E-state index is 0.240. The van der Waals surface area contributed by atoms with Crippen LogP contribution in [-0.4, -0.2) is 15.8 Å². The monoisotopic (exact) mass is 236 g/mol. The van der Waals surface area contributed by atoms with Crippen molar-refractivity contribution in [2.24, 2.45) is 12.9 Å². The van der Waals surface area contributed by atoms with E-state index in [1.807, 2.05) is 18.7 Å². The lowest BCUT2D eigenvalue weighted by Crippen LogP contribution is -2.37. The van der Waals surface area contributed by atoms with Crippen LogP contribution in [0.5, 0.6) is 0 Å². The van der Waals surface area contributed by atoms with Crippen molar-refractivity contribution < 1.29 is 0 Å². The Bertz CT molecular complexity index is 392. The molecule has 1 aromatic rings. The molecule has 0 aliphatic rings. The topological polar surface area (TPSA) is 55.9 Å². The third-order valence-corrected chi connectivity index (χ3v) is 3.38. The molecule has 0 saturated carbocycles. The van der Waals surface area contributed by atoms with Gasteiger partial charge in [0.1, 0.15) is 0 Å². The molecule has 4 heteroatoms. The number of hydrogen-bond acceptors (Lipinski definition) is 3. The molecule has 1 unspecified atom stereocenters. The Labute approximate surface area is 104 Å². The quantitative estimate of drug-likeness (QED) is 0.449. The maximum atomic E-state index is 5.61. The SMILES string of the molecule is C=C(CC)CC(Cc1c(C)nn(C)c1C)NN. The molecule has 0 aliphatic carbocycles. The average molecular weight is 236 g/mol. The fourth-order valence-electron chi connectivity index (χ4n) is 2.04. The summed E-state index contributed by atoms with van der Waals surface area (Å²) in [6, 6.07) is 0.240. The molecule has 0 radical (unpaired) electrons. The second-order valence-corrected chi connectivity index (χ2v) is 4.65. The molecule has 0 aliphatic heterocycles. The van der Waals surface area contributed by atoms with E-state index in [0.29, 0.717) is 0 Å². The van der Waals surface area contributed by atoms with Gasteiger partial charge in [-0.3, -0.25) is 16.0 Å². The first-order valence-electron chi connectivity index (χ1n) is 6.11. The zero-order chi connectivity index (χ0) is 13.0. The van der Waals surface area contributed by atoms with Gasteiger partial charge in [0, 0.05) is 18.8 Å². The van der Waals surface area contributed by atoms with Gasteiger partial charge < -0.3 is 0 Å². The van der Waals surface area contributed by atoms with Crippen LogP contribution < -0.4 is 11.3 Å². The van der Waals surface area contributed by atoms with Gasteiger partial charge in [-0.25, -0.2) is 0 Å². The Kier molecular flexibility index (Phi) is 4.90. The lowest BCUT2D eigenvalue weighted by atomic mass is 9.98. The standard InChI is InChI=1S/C13H24N4/c1-6-9(2)7-12(15-14)8-13-10(3)16-17(5)11(13)4/h12,15H,2,6-8,14H2,1,3-5H3. The Hall–Kier alpha value is -1.13. The van der Waals surface area contributed by atoms with E-state index in [9.17, 15) is 0 Å². The van der Waals surface area contributed by atoms with Gasteiger partial charge in [0.2, 0.25) is 0 Å². The Balaban J connectivity index is 2.77. The van der Waals surface area contributed by atoms with Crippen LogP contribution in [0.3, 0.4) is 0 Å². The van der Waals surface area contributed by atoms with Gasteiger partial charge in [-0.1, -0.05) is 19.1 Å². The number of nitrogens with one attached hydrogen (secondary N) is 1. The molecule has 0 fully saturated rings. The third kappa shape index (κ3) is 3.41. The zero-order valence-electron chi connectivity index (χ0n) is 11.4. The third-order valence-electron chi connectivity index (χ3n) is 3.38. The summed E-state index contributed by atoms with van der Waals surface area (Å²) in [5.74, 6) is 5.61. The highest BCUT2D eigenvalue weighted by Crippen LogP contribution is 2.17. The largest absolute Gasteiger partial charge is 0.272 e. The molecule has 0 saturated heterocycles. The number of hydrazine groups is 1. The van der Waals surface area contributed by atoms with Crippen LogP contribution >= 0.6 is 0 Å². The Morgan fingerprint density at radius 2 is 2.18 bits per heavy atom. The van der Waals surface area contributed by atoms with Crippen molar-refractivity contribution in [1.82, 2.24) is 15.2 Å². The number of rotatable bonds is 6. The second kappa shape index (κ2) is 5.98. The molecular weight excluding hydrogens is 212 g/mol. The lowest BCUT2D eigenvalue weighted by molar-refractivity contribution is 0.514. The smallest absolute Gasteiger partial charge is 0.0628 e. The highest BCUT2D eigenvalue weighted by Gasteiger charge is 2.15. The molecule has 1 aromatic heterocycles. The minimum Gasteiger partial charge on any atom is -0.272 e. The maximum Gasteiger partial charge on any atom is 0.0628 e. The molecule has 96 valence electrons. The number of aromatic nitrogens is 2. The maximum absolute atomic E-state index is 5.61. The highest BCUT2D eigenvalue weighted by atomic mass is 15.3.